The van der Waals surface area contributed by atoms with E-state index in [0.717, 1.165) is 30.9 Å². The van der Waals surface area contributed by atoms with E-state index in [-0.39, 0.29) is 12.9 Å². The van der Waals surface area contributed by atoms with E-state index < -0.39 is 6.10 Å². The molecule has 31 heavy (non-hydrogen) atoms. The average molecular weight is 434 g/mol. The first kappa shape index (κ1) is 23.6. The molecular formula is C23H39N5O3. The van der Waals surface area contributed by atoms with E-state index in [1.165, 1.54) is 19.3 Å². The zero-order chi connectivity index (χ0) is 22.2. The van der Waals surface area contributed by atoms with E-state index >= 15 is 0 Å². The van der Waals surface area contributed by atoms with Crippen LogP contribution in [-0.4, -0.2) is 74.2 Å². The minimum absolute atomic E-state index is 0.148. The second-order valence-corrected chi connectivity index (χ2v) is 8.50. The fourth-order valence-corrected chi connectivity index (χ4v) is 3.98. The smallest absolute Gasteiger partial charge is 0.178 e. The zero-order valence-electron chi connectivity index (χ0n) is 19.4. The molecule has 1 fully saturated rings. The molecule has 0 bridgehead atoms. The van der Waals surface area contributed by atoms with Gasteiger partial charge in [-0.15, -0.1) is 0 Å². The summed E-state index contributed by atoms with van der Waals surface area (Å²) in [4.78, 5) is 7.22. The van der Waals surface area contributed by atoms with Crippen molar-refractivity contribution >= 4 is 11.5 Å². The summed E-state index contributed by atoms with van der Waals surface area (Å²) >= 11 is 0. The minimum atomic E-state index is -0.566. The van der Waals surface area contributed by atoms with Crippen LogP contribution in [0.1, 0.15) is 46.0 Å². The van der Waals surface area contributed by atoms with E-state index in [9.17, 15) is 5.11 Å². The minimum Gasteiger partial charge on any atom is -0.493 e. The van der Waals surface area contributed by atoms with Crippen molar-refractivity contribution in [1.29, 1.82) is 0 Å². The summed E-state index contributed by atoms with van der Waals surface area (Å²) in [6.07, 6.45) is 4.93. The third-order valence-electron chi connectivity index (χ3n) is 6.06. The predicted molar refractivity (Wildman–Crippen MR) is 125 cm³/mol. The number of hydrogen-bond acceptors (Lipinski definition) is 8. The molecule has 1 heterocycles. The Morgan fingerprint density at radius 2 is 2.10 bits per heavy atom. The van der Waals surface area contributed by atoms with Gasteiger partial charge >= 0.3 is 0 Å². The van der Waals surface area contributed by atoms with E-state index in [2.05, 4.69) is 34.7 Å². The molecule has 174 valence electrons. The molecule has 3 rings (SSSR count). The SMILES string of the molecule is CCCN1C(C)CC(NC)=NC1Nc1ccc(OC)c(OC[C@H](O)CNC2CCC2)c1. The van der Waals surface area contributed by atoms with Gasteiger partial charge in [-0.1, -0.05) is 13.3 Å². The number of aliphatic hydroxyl groups is 1. The van der Waals surface area contributed by atoms with E-state index in [0.29, 0.717) is 30.1 Å². The maximum Gasteiger partial charge on any atom is 0.178 e. The second kappa shape index (κ2) is 11.5. The molecule has 1 aromatic carbocycles. The number of rotatable bonds is 11. The van der Waals surface area contributed by atoms with E-state index in [1.807, 2.05) is 25.2 Å². The summed E-state index contributed by atoms with van der Waals surface area (Å²) in [7, 11) is 3.54. The molecule has 0 aromatic heterocycles. The molecule has 1 aliphatic heterocycles. The summed E-state index contributed by atoms with van der Waals surface area (Å²) in [5, 5.41) is 20.4. The first-order valence-corrected chi connectivity index (χ1v) is 11.5. The number of anilines is 1. The lowest BCUT2D eigenvalue weighted by Gasteiger charge is -2.39. The van der Waals surface area contributed by atoms with Crippen molar-refractivity contribution in [1.82, 2.24) is 15.5 Å². The van der Waals surface area contributed by atoms with Gasteiger partial charge in [0, 0.05) is 50.4 Å². The number of hydrogen-bond donors (Lipinski definition) is 4. The van der Waals surface area contributed by atoms with Crippen LogP contribution in [0.4, 0.5) is 5.69 Å². The number of aliphatic hydroxyl groups excluding tert-OH is 1. The molecule has 0 saturated heterocycles. The number of amidine groups is 1. The van der Waals surface area contributed by atoms with Gasteiger partial charge in [-0.3, -0.25) is 4.90 Å². The van der Waals surface area contributed by atoms with Crippen molar-refractivity contribution in [2.24, 2.45) is 4.99 Å². The molecule has 2 aliphatic rings. The topological polar surface area (TPSA) is 90.4 Å². The van der Waals surface area contributed by atoms with Crippen LogP contribution in [0.3, 0.4) is 0 Å². The van der Waals surface area contributed by atoms with Gasteiger partial charge in [-0.2, -0.15) is 0 Å². The van der Waals surface area contributed by atoms with Gasteiger partial charge in [0.25, 0.3) is 0 Å². The van der Waals surface area contributed by atoms with Crippen LogP contribution in [0.5, 0.6) is 11.5 Å². The Labute approximate surface area is 186 Å². The lowest BCUT2D eigenvalue weighted by molar-refractivity contribution is 0.0981. The van der Waals surface area contributed by atoms with Crippen molar-refractivity contribution in [2.75, 3.05) is 39.2 Å². The molecule has 4 N–H and O–H groups in total. The molecule has 8 nitrogen and oxygen atoms in total. The van der Waals surface area contributed by atoms with Gasteiger partial charge in [-0.05, 0) is 38.3 Å². The lowest BCUT2D eigenvalue weighted by atomic mass is 9.93. The number of benzene rings is 1. The summed E-state index contributed by atoms with van der Waals surface area (Å²) in [6, 6.07) is 6.71. The Bertz CT molecular complexity index is 725. The Morgan fingerprint density at radius 3 is 2.74 bits per heavy atom. The van der Waals surface area contributed by atoms with Crippen molar-refractivity contribution in [3.63, 3.8) is 0 Å². The number of methoxy groups -OCH3 is 1. The Kier molecular flexibility index (Phi) is 8.80. The molecule has 0 radical (unpaired) electrons. The third-order valence-corrected chi connectivity index (χ3v) is 6.06. The van der Waals surface area contributed by atoms with Gasteiger partial charge in [-0.25, -0.2) is 4.99 Å². The Balaban J connectivity index is 1.65. The van der Waals surface area contributed by atoms with Crippen LogP contribution >= 0.6 is 0 Å². The highest BCUT2D eigenvalue weighted by molar-refractivity contribution is 5.83. The molecule has 1 aliphatic carbocycles. The highest BCUT2D eigenvalue weighted by Gasteiger charge is 2.28. The molecule has 1 saturated carbocycles. The van der Waals surface area contributed by atoms with Crippen LogP contribution in [0.2, 0.25) is 0 Å². The van der Waals surface area contributed by atoms with Gasteiger partial charge in [0.05, 0.1) is 7.11 Å². The molecule has 0 amide bonds. The summed E-state index contributed by atoms with van der Waals surface area (Å²) in [5.74, 6) is 2.26. The third kappa shape index (κ3) is 6.48. The fourth-order valence-electron chi connectivity index (χ4n) is 3.98. The highest BCUT2D eigenvalue weighted by Crippen LogP contribution is 2.31. The van der Waals surface area contributed by atoms with Gasteiger partial charge in [0.1, 0.15) is 18.5 Å². The normalized spacial score (nSPS) is 22.9. The van der Waals surface area contributed by atoms with Crippen molar-refractivity contribution in [3.8, 4) is 11.5 Å². The molecule has 8 heteroatoms. The number of nitrogens with zero attached hydrogens (tertiary/aromatic N) is 2. The maximum atomic E-state index is 10.3. The van der Waals surface area contributed by atoms with Crippen molar-refractivity contribution in [2.45, 2.75) is 70.4 Å². The number of nitrogens with one attached hydrogen (secondary N) is 3. The fraction of sp³-hybridized carbons (Fsp3) is 0.696. The van der Waals surface area contributed by atoms with Crippen LogP contribution < -0.4 is 25.4 Å². The number of ether oxygens (including phenoxy) is 2. The summed E-state index contributed by atoms with van der Waals surface area (Å²) in [6.45, 7) is 6.14. The van der Waals surface area contributed by atoms with E-state index in [4.69, 9.17) is 14.5 Å². The van der Waals surface area contributed by atoms with Crippen LogP contribution in [0.15, 0.2) is 23.2 Å². The molecule has 0 spiro atoms. The quantitative estimate of drug-likeness (QED) is 0.426. The van der Waals surface area contributed by atoms with Crippen LogP contribution in [0.25, 0.3) is 0 Å². The monoisotopic (exact) mass is 433 g/mol. The molecule has 3 atom stereocenters. The first-order chi connectivity index (χ1) is 15.0. The highest BCUT2D eigenvalue weighted by atomic mass is 16.5. The number of aliphatic imine (C=N–C) groups is 1. The standard InChI is InChI=1S/C23H39N5O3/c1-5-11-28-16(2)12-22(24-3)27-23(28)26-18-9-10-20(30-4)21(13-18)31-15-19(29)14-25-17-7-6-8-17/h9-10,13,16-17,19,23,25-26,29H,5-8,11-12,14-15H2,1-4H3,(H,24,27)/t16?,19-,23?/m1/s1. The van der Waals surface area contributed by atoms with Gasteiger partial charge < -0.3 is 30.5 Å². The Hall–Kier alpha value is -2.03. The predicted octanol–water partition coefficient (Wildman–Crippen LogP) is 2.39. The molecular weight excluding hydrogens is 394 g/mol. The first-order valence-electron chi connectivity index (χ1n) is 11.5. The molecule has 2 unspecified atom stereocenters. The van der Waals surface area contributed by atoms with E-state index in [1.54, 1.807) is 7.11 Å². The summed E-state index contributed by atoms with van der Waals surface area (Å²) in [5.41, 5.74) is 0.900. The lowest BCUT2D eigenvalue weighted by Crippen LogP contribution is -2.51. The zero-order valence-corrected chi connectivity index (χ0v) is 19.4. The Morgan fingerprint density at radius 1 is 1.29 bits per heavy atom. The summed E-state index contributed by atoms with van der Waals surface area (Å²) < 4.78 is 11.4. The van der Waals surface area contributed by atoms with Crippen LogP contribution in [-0.2, 0) is 0 Å². The van der Waals surface area contributed by atoms with Crippen LogP contribution in [0, 0.1) is 0 Å². The maximum absolute atomic E-state index is 10.3. The van der Waals surface area contributed by atoms with Crippen molar-refractivity contribution < 1.29 is 14.6 Å². The average Bonchev–Trinajstić information content (AvgIpc) is 2.73. The van der Waals surface area contributed by atoms with Crippen molar-refractivity contribution in [3.05, 3.63) is 18.2 Å². The second-order valence-electron chi connectivity index (χ2n) is 8.50. The van der Waals surface area contributed by atoms with Gasteiger partial charge in [0.2, 0.25) is 0 Å². The molecule has 1 aromatic rings. The van der Waals surface area contributed by atoms with Gasteiger partial charge in [0.15, 0.2) is 17.8 Å². The largest absolute Gasteiger partial charge is 0.493 e.